The van der Waals surface area contributed by atoms with Gasteiger partial charge in [0, 0.05) is 24.2 Å². The van der Waals surface area contributed by atoms with Gasteiger partial charge in [-0.15, -0.1) is 0 Å². The minimum absolute atomic E-state index is 0.101. The first kappa shape index (κ1) is 22.0. The Morgan fingerprint density at radius 3 is 1.17 bits per heavy atom. The summed E-state index contributed by atoms with van der Waals surface area (Å²) in [5.41, 5.74) is 3.92. The third-order valence-electron chi connectivity index (χ3n) is 8.03. The summed E-state index contributed by atoms with van der Waals surface area (Å²) >= 11 is 0. The van der Waals surface area contributed by atoms with E-state index >= 15 is 0 Å². The molecular weight excluding hydrogens is 428 g/mol. The van der Waals surface area contributed by atoms with E-state index < -0.39 is 5.41 Å². The maximum absolute atomic E-state index is 14.8. The van der Waals surface area contributed by atoms with Gasteiger partial charge in [-0.1, -0.05) is 121 Å². The van der Waals surface area contributed by atoms with Crippen LogP contribution in [0.3, 0.4) is 0 Å². The predicted molar refractivity (Wildman–Crippen MR) is 140 cm³/mol. The van der Waals surface area contributed by atoms with Crippen LogP contribution >= 0.6 is 0 Å². The first-order valence-corrected chi connectivity index (χ1v) is 12.4. The van der Waals surface area contributed by atoms with Gasteiger partial charge in [0.15, 0.2) is 0 Å². The molecule has 0 aromatic heterocycles. The smallest absolute Gasteiger partial charge is 0.149 e. The lowest BCUT2D eigenvalue weighted by Gasteiger charge is -2.58. The van der Waals surface area contributed by atoms with Crippen LogP contribution < -0.4 is 10.6 Å². The molecule has 2 N–H and O–H groups in total. The molecule has 3 heteroatoms. The van der Waals surface area contributed by atoms with Crippen LogP contribution in [0.1, 0.15) is 53.3 Å². The lowest BCUT2D eigenvalue weighted by molar-refractivity contribution is -0.150. The molecule has 2 bridgehead atoms. The number of carbonyl (C=O) groups is 1. The number of ketones is 1. The van der Waals surface area contributed by atoms with Crippen LogP contribution in [0.5, 0.6) is 0 Å². The molecule has 0 radical (unpaired) electrons. The highest BCUT2D eigenvalue weighted by Gasteiger charge is 2.61. The maximum Gasteiger partial charge on any atom is 0.149 e. The molecule has 35 heavy (non-hydrogen) atoms. The summed E-state index contributed by atoms with van der Waals surface area (Å²) in [5.74, 6) is 0.0881. The number of nitrogens with one attached hydrogen (secondary N) is 2. The molecule has 3 nitrogen and oxygen atoms in total. The molecule has 6 rings (SSSR count). The zero-order chi connectivity index (χ0) is 23.8. The molecule has 0 aliphatic carbocycles. The summed E-state index contributed by atoms with van der Waals surface area (Å²) in [5, 5.41) is 8.00. The van der Waals surface area contributed by atoms with E-state index in [1.165, 1.54) is 0 Å². The van der Waals surface area contributed by atoms with Crippen molar-refractivity contribution in [2.24, 2.45) is 11.3 Å². The molecular formula is C32H30N2O. The Labute approximate surface area is 207 Å². The predicted octanol–water partition coefficient (Wildman–Crippen LogP) is 6.35. The fourth-order valence-corrected chi connectivity index (χ4v) is 6.32. The first-order chi connectivity index (χ1) is 17.2. The SMILES string of the molecule is CC12C(=O)C([C@@H](c3ccccc3)N[C@@H]1c1ccccc1)[C@@H](c1ccccc1)N[C@@H]2c1ccccc1. The van der Waals surface area contributed by atoms with Gasteiger partial charge in [0.1, 0.15) is 5.78 Å². The van der Waals surface area contributed by atoms with E-state index in [1.807, 2.05) is 24.3 Å². The Kier molecular flexibility index (Phi) is 5.60. The van der Waals surface area contributed by atoms with E-state index in [2.05, 4.69) is 115 Å². The number of Topliss-reactive ketones (excluding diaryl/α,β-unsaturated/α-hetero) is 1. The summed E-state index contributed by atoms with van der Waals surface area (Å²) in [6, 6.07) is 41.3. The van der Waals surface area contributed by atoms with Crippen LogP contribution in [-0.2, 0) is 4.79 Å². The summed E-state index contributed by atoms with van der Waals surface area (Å²) in [6.07, 6.45) is 0. The summed E-state index contributed by atoms with van der Waals surface area (Å²) in [4.78, 5) is 14.8. The highest BCUT2D eigenvalue weighted by molar-refractivity contribution is 5.92. The second kappa shape index (κ2) is 8.92. The number of carbonyl (C=O) groups excluding carboxylic acids is 1. The van der Waals surface area contributed by atoms with Crippen molar-refractivity contribution in [1.29, 1.82) is 0 Å². The van der Waals surface area contributed by atoms with Crippen molar-refractivity contribution in [3.05, 3.63) is 144 Å². The van der Waals surface area contributed by atoms with E-state index in [1.54, 1.807) is 0 Å². The first-order valence-electron chi connectivity index (χ1n) is 12.4. The average molecular weight is 459 g/mol. The Hall–Kier alpha value is -3.53. The number of hydrogen-bond acceptors (Lipinski definition) is 3. The number of piperidine rings is 2. The third kappa shape index (κ3) is 3.63. The van der Waals surface area contributed by atoms with E-state index in [4.69, 9.17) is 0 Å². The zero-order valence-corrected chi connectivity index (χ0v) is 19.8. The Morgan fingerprint density at radius 2 is 0.829 bits per heavy atom. The summed E-state index contributed by atoms with van der Waals surface area (Å²) < 4.78 is 0. The van der Waals surface area contributed by atoms with Gasteiger partial charge in [-0.25, -0.2) is 0 Å². The zero-order valence-electron chi connectivity index (χ0n) is 19.8. The van der Waals surface area contributed by atoms with Crippen LogP contribution in [0.25, 0.3) is 0 Å². The number of hydrogen-bond donors (Lipinski definition) is 2. The Morgan fingerprint density at radius 1 is 0.514 bits per heavy atom. The van der Waals surface area contributed by atoms with Gasteiger partial charge in [-0.3, -0.25) is 4.79 Å². The Bertz CT molecular complexity index is 1200. The summed E-state index contributed by atoms with van der Waals surface area (Å²) in [6.45, 7) is 2.15. The highest BCUT2D eigenvalue weighted by Crippen LogP contribution is 2.58. The van der Waals surface area contributed by atoms with E-state index in [-0.39, 0.29) is 30.1 Å². The van der Waals surface area contributed by atoms with Crippen molar-refractivity contribution in [2.45, 2.75) is 31.1 Å². The van der Waals surface area contributed by atoms with E-state index in [0.717, 1.165) is 22.3 Å². The minimum Gasteiger partial charge on any atom is -0.301 e. The van der Waals surface area contributed by atoms with Crippen molar-refractivity contribution in [1.82, 2.24) is 10.6 Å². The second-order valence-electron chi connectivity index (χ2n) is 9.97. The van der Waals surface area contributed by atoms with Gasteiger partial charge in [-0.2, -0.15) is 0 Å². The number of fused-ring (bicyclic) bond motifs is 2. The van der Waals surface area contributed by atoms with Crippen molar-refractivity contribution < 1.29 is 4.79 Å². The molecule has 2 saturated heterocycles. The molecule has 0 saturated carbocycles. The molecule has 0 unspecified atom stereocenters. The normalized spacial score (nSPS) is 30.1. The van der Waals surface area contributed by atoms with E-state index in [9.17, 15) is 4.79 Å². The van der Waals surface area contributed by atoms with Gasteiger partial charge in [0.05, 0.1) is 11.3 Å². The number of rotatable bonds is 4. The largest absolute Gasteiger partial charge is 0.301 e. The molecule has 2 fully saturated rings. The highest BCUT2D eigenvalue weighted by atomic mass is 16.1. The fourth-order valence-electron chi connectivity index (χ4n) is 6.32. The van der Waals surface area contributed by atoms with E-state index in [0.29, 0.717) is 5.78 Å². The molecule has 0 spiro atoms. The standard InChI is InChI=1S/C32H30N2O/c1-32-29(24-18-10-4-11-19-24)33-27(22-14-6-2-7-15-22)26(31(32)35)28(23-16-8-3-9-17-23)34-30(32)25-20-12-5-13-21-25/h2-21,26-30,33-34H,1H3/t26?,27-,28-,29-,30-,32?/m1/s1. The summed E-state index contributed by atoms with van der Waals surface area (Å²) in [7, 11) is 0. The lowest BCUT2D eigenvalue weighted by Crippen LogP contribution is -2.65. The van der Waals surface area contributed by atoms with Crippen LogP contribution in [0.15, 0.2) is 121 Å². The maximum atomic E-state index is 14.8. The van der Waals surface area contributed by atoms with Gasteiger partial charge < -0.3 is 10.6 Å². The van der Waals surface area contributed by atoms with Crippen LogP contribution in [0, 0.1) is 11.3 Å². The van der Waals surface area contributed by atoms with Crippen molar-refractivity contribution in [3.63, 3.8) is 0 Å². The van der Waals surface area contributed by atoms with Crippen molar-refractivity contribution in [3.8, 4) is 0 Å². The van der Waals surface area contributed by atoms with Crippen molar-refractivity contribution >= 4 is 5.78 Å². The van der Waals surface area contributed by atoms with Gasteiger partial charge in [0.25, 0.3) is 0 Å². The van der Waals surface area contributed by atoms with Crippen LogP contribution in [0.4, 0.5) is 0 Å². The molecule has 2 aliphatic heterocycles. The quantitative estimate of drug-likeness (QED) is 0.374. The van der Waals surface area contributed by atoms with Crippen LogP contribution in [0.2, 0.25) is 0 Å². The fraction of sp³-hybridized carbons (Fsp3) is 0.219. The van der Waals surface area contributed by atoms with Gasteiger partial charge in [0.2, 0.25) is 0 Å². The Balaban J connectivity index is 1.56. The topological polar surface area (TPSA) is 41.1 Å². The second-order valence-corrected chi connectivity index (χ2v) is 9.97. The lowest BCUT2D eigenvalue weighted by atomic mass is 9.56. The monoisotopic (exact) mass is 458 g/mol. The van der Waals surface area contributed by atoms with Gasteiger partial charge in [-0.05, 0) is 29.2 Å². The van der Waals surface area contributed by atoms with Crippen LogP contribution in [-0.4, -0.2) is 5.78 Å². The molecule has 174 valence electrons. The molecule has 4 atom stereocenters. The molecule has 4 aromatic carbocycles. The molecule has 2 heterocycles. The van der Waals surface area contributed by atoms with Gasteiger partial charge >= 0.3 is 0 Å². The third-order valence-corrected chi connectivity index (χ3v) is 8.03. The molecule has 2 aliphatic rings. The number of benzene rings is 4. The van der Waals surface area contributed by atoms with Crippen molar-refractivity contribution in [2.75, 3.05) is 0 Å². The molecule has 4 aromatic rings. The minimum atomic E-state index is -0.663. The average Bonchev–Trinajstić information content (AvgIpc) is 2.92. The molecule has 0 amide bonds.